The molecule has 0 saturated heterocycles. The van der Waals surface area contributed by atoms with Crippen LogP contribution in [-0.4, -0.2) is 24.0 Å². The topological polar surface area (TPSA) is 45.2 Å². The number of pyridine rings is 1. The van der Waals surface area contributed by atoms with E-state index in [0.717, 1.165) is 24.2 Å². The van der Waals surface area contributed by atoms with Crippen molar-refractivity contribution in [1.29, 1.82) is 0 Å². The zero-order valence-corrected chi connectivity index (χ0v) is 13.5. The monoisotopic (exact) mass is 309 g/mol. The highest BCUT2D eigenvalue weighted by atomic mass is 16.1. The third-order valence-electron chi connectivity index (χ3n) is 4.45. The molecule has 1 fully saturated rings. The van der Waals surface area contributed by atoms with Crippen LogP contribution in [0.5, 0.6) is 0 Å². The van der Waals surface area contributed by atoms with E-state index >= 15 is 0 Å². The Kier molecular flexibility index (Phi) is 4.91. The minimum atomic E-state index is -0.0641. The molecule has 0 unspecified atom stereocenters. The van der Waals surface area contributed by atoms with Gasteiger partial charge in [-0.3, -0.25) is 4.79 Å². The SMILES string of the molecule is CN(c1ccccc1)c1ccc(C(=O)NC2CCCCC2)nc1. The molecule has 23 heavy (non-hydrogen) atoms. The van der Waals surface area contributed by atoms with E-state index in [9.17, 15) is 4.79 Å². The quantitative estimate of drug-likeness (QED) is 0.931. The van der Waals surface area contributed by atoms with Gasteiger partial charge in [-0.15, -0.1) is 0 Å². The van der Waals surface area contributed by atoms with Crippen LogP contribution in [0.4, 0.5) is 11.4 Å². The number of nitrogens with zero attached hydrogens (tertiary/aromatic N) is 2. The van der Waals surface area contributed by atoms with Crippen molar-refractivity contribution in [3.05, 3.63) is 54.4 Å². The minimum Gasteiger partial charge on any atom is -0.348 e. The third-order valence-corrected chi connectivity index (χ3v) is 4.45. The van der Waals surface area contributed by atoms with Crippen molar-refractivity contribution in [2.75, 3.05) is 11.9 Å². The first-order valence-electron chi connectivity index (χ1n) is 8.30. The number of benzene rings is 1. The van der Waals surface area contributed by atoms with Gasteiger partial charge in [0.1, 0.15) is 5.69 Å². The van der Waals surface area contributed by atoms with Crippen molar-refractivity contribution in [2.45, 2.75) is 38.1 Å². The number of amides is 1. The van der Waals surface area contributed by atoms with E-state index in [1.54, 1.807) is 12.3 Å². The number of para-hydroxylation sites is 1. The summed E-state index contributed by atoms with van der Waals surface area (Å²) in [6, 6.07) is 14.1. The fourth-order valence-electron chi connectivity index (χ4n) is 3.03. The second kappa shape index (κ2) is 7.27. The molecule has 1 saturated carbocycles. The normalized spacial score (nSPS) is 15.2. The fraction of sp³-hybridized carbons (Fsp3) is 0.368. The van der Waals surface area contributed by atoms with Gasteiger partial charge in [0.15, 0.2) is 0 Å². The Bertz CT molecular complexity index is 633. The molecule has 2 aromatic rings. The summed E-state index contributed by atoms with van der Waals surface area (Å²) in [5.74, 6) is -0.0641. The Labute approximate surface area is 137 Å². The number of anilines is 2. The molecule has 3 rings (SSSR count). The van der Waals surface area contributed by atoms with Crippen molar-refractivity contribution in [2.24, 2.45) is 0 Å². The maximum Gasteiger partial charge on any atom is 0.270 e. The van der Waals surface area contributed by atoms with Gasteiger partial charge in [-0.05, 0) is 37.1 Å². The van der Waals surface area contributed by atoms with Gasteiger partial charge in [0.25, 0.3) is 5.91 Å². The molecular formula is C19H23N3O. The minimum absolute atomic E-state index is 0.0641. The lowest BCUT2D eigenvalue weighted by atomic mass is 9.95. The Morgan fingerprint density at radius 2 is 1.78 bits per heavy atom. The molecule has 0 aliphatic heterocycles. The summed E-state index contributed by atoms with van der Waals surface area (Å²) in [6.07, 6.45) is 7.62. The lowest BCUT2D eigenvalue weighted by Gasteiger charge is -2.23. The number of carbonyl (C=O) groups is 1. The average molecular weight is 309 g/mol. The lowest BCUT2D eigenvalue weighted by molar-refractivity contribution is 0.0922. The highest BCUT2D eigenvalue weighted by Crippen LogP contribution is 2.22. The molecule has 0 bridgehead atoms. The van der Waals surface area contributed by atoms with E-state index in [4.69, 9.17) is 0 Å². The van der Waals surface area contributed by atoms with Crippen molar-refractivity contribution < 1.29 is 4.79 Å². The molecule has 1 heterocycles. The lowest BCUT2D eigenvalue weighted by Crippen LogP contribution is -2.36. The first-order chi connectivity index (χ1) is 11.2. The smallest absolute Gasteiger partial charge is 0.270 e. The Balaban J connectivity index is 1.65. The number of aromatic nitrogens is 1. The molecular weight excluding hydrogens is 286 g/mol. The van der Waals surface area contributed by atoms with Gasteiger partial charge < -0.3 is 10.2 Å². The molecule has 1 aromatic carbocycles. The number of nitrogens with one attached hydrogen (secondary N) is 1. The third kappa shape index (κ3) is 3.89. The number of hydrogen-bond acceptors (Lipinski definition) is 3. The van der Waals surface area contributed by atoms with E-state index in [-0.39, 0.29) is 5.91 Å². The molecule has 1 aromatic heterocycles. The second-order valence-electron chi connectivity index (χ2n) is 6.10. The Morgan fingerprint density at radius 1 is 1.04 bits per heavy atom. The second-order valence-corrected chi connectivity index (χ2v) is 6.10. The summed E-state index contributed by atoms with van der Waals surface area (Å²) in [7, 11) is 1.99. The highest BCUT2D eigenvalue weighted by molar-refractivity contribution is 5.92. The number of carbonyl (C=O) groups excluding carboxylic acids is 1. The first kappa shape index (κ1) is 15.5. The zero-order valence-electron chi connectivity index (χ0n) is 13.5. The van der Waals surface area contributed by atoms with Crippen LogP contribution in [0.3, 0.4) is 0 Å². The van der Waals surface area contributed by atoms with Crippen molar-refractivity contribution in [1.82, 2.24) is 10.3 Å². The predicted molar refractivity (Wildman–Crippen MR) is 93.1 cm³/mol. The first-order valence-corrected chi connectivity index (χ1v) is 8.30. The van der Waals surface area contributed by atoms with Crippen LogP contribution in [0.2, 0.25) is 0 Å². The van der Waals surface area contributed by atoms with Gasteiger partial charge >= 0.3 is 0 Å². The number of hydrogen-bond donors (Lipinski definition) is 1. The van der Waals surface area contributed by atoms with Crippen LogP contribution < -0.4 is 10.2 Å². The van der Waals surface area contributed by atoms with Crippen LogP contribution in [0, 0.1) is 0 Å². The van der Waals surface area contributed by atoms with Gasteiger partial charge in [0, 0.05) is 18.8 Å². The standard InChI is InChI=1S/C19H23N3O/c1-22(16-10-6-3-7-11-16)17-12-13-18(20-14-17)19(23)21-15-8-4-2-5-9-15/h3,6-7,10-15H,2,4-5,8-9H2,1H3,(H,21,23). The van der Waals surface area contributed by atoms with Gasteiger partial charge in [0.2, 0.25) is 0 Å². The summed E-state index contributed by atoms with van der Waals surface area (Å²) in [5, 5.41) is 3.10. The summed E-state index contributed by atoms with van der Waals surface area (Å²) >= 11 is 0. The van der Waals surface area contributed by atoms with Crippen LogP contribution in [-0.2, 0) is 0 Å². The van der Waals surface area contributed by atoms with Crippen LogP contribution in [0.15, 0.2) is 48.7 Å². The molecule has 0 atom stereocenters. The molecule has 0 radical (unpaired) electrons. The molecule has 0 spiro atoms. The van der Waals surface area contributed by atoms with Crippen molar-refractivity contribution in [3.8, 4) is 0 Å². The summed E-state index contributed by atoms with van der Waals surface area (Å²) in [6.45, 7) is 0. The Hall–Kier alpha value is -2.36. The van der Waals surface area contributed by atoms with Crippen LogP contribution in [0.1, 0.15) is 42.6 Å². The molecule has 120 valence electrons. The largest absolute Gasteiger partial charge is 0.348 e. The summed E-state index contributed by atoms with van der Waals surface area (Å²) in [5.41, 5.74) is 2.54. The van der Waals surface area contributed by atoms with Gasteiger partial charge in [-0.2, -0.15) is 0 Å². The molecule has 4 nitrogen and oxygen atoms in total. The van der Waals surface area contributed by atoms with Crippen LogP contribution >= 0.6 is 0 Å². The van der Waals surface area contributed by atoms with E-state index in [0.29, 0.717) is 11.7 Å². The fourth-order valence-corrected chi connectivity index (χ4v) is 3.03. The zero-order chi connectivity index (χ0) is 16.1. The molecule has 1 N–H and O–H groups in total. The highest BCUT2D eigenvalue weighted by Gasteiger charge is 2.17. The van der Waals surface area contributed by atoms with Gasteiger partial charge in [0.05, 0.1) is 11.9 Å². The molecule has 1 aliphatic rings. The average Bonchev–Trinajstić information content (AvgIpc) is 2.63. The van der Waals surface area contributed by atoms with E-state index in [1.165, 1.54) is 19.3 Å². The number of rotatable bonds is 4. The van der Waals surface area contributed by atoms with Crippen molar-refractivity contribution in [3.63, 3.8) is 0 Å². The van der Waals surface area contributed by atoms with Crippen LogP contribution in [0.25, 0.3) is 0 Å². The van der Waals surface area contributed by atoms with E-state index < -0.39 is 0 Å². The molecule has 1 amide bonds. The van der Waals surface area contributed by atoms with E-state index in [2.05, 4.69) is 15.2 Å². The van der Waals surface area contributed by atoms with E-state index in [1.807, 2.05) is 43.4 Å². The van der Waals surface area contributed by atoms with Gasteiger partial charge in [-0.1, -0.05) is 37.5 Å². The van der Waals surface area contributed by atoms with Crippen molar-refractivity contribution >= 4 is 17.3 Å². The molecule has 4 heteroatoms. The molecule has 1 aliphatic carbocycles. The van der Waals surface area contributed by atoms with Gasteiger partial charge in [-0.25, -0.2) is 4.98 Å². The summed E-state index contributed by atoms with van der Waals surface area (Å²) in [4.78, 5) is 18.7. The summed E-state index contributed by atoms with van der Waals surface area (Å²) < 4.78 is 0. The Morgan fingerprint density at radius 3 is 2.43 bits per heavy atom. The maximum atomic E-state index is 12.3. The predicted octanol–water partition coefficient (Wildman–Crippen LogP) is 3.91. The maximum absolute atomic E-state index is 12.3.